The maximum atomic E-state index is 5.20. The molecule has 0 saturated heterocycles. The van der Waals surface area contributed by atoms with E-state index in [-0.39, 0.29) is 0 Å². The molecule has 0 unspecified atom stereocenters. The SMILES string of the molecule is Ic1nnc(-c2cccs2)o1. The van der Waals surface area contributed by atoms with E-state index in [1.807, 2.05) is 40.1 Å². The van der Waals surface area contributed by atoms with Crippen LogP contribution in [0.25, 0.3) is 10.8 Å². The zero-order chi connectivity index (χ0) is 7.68. The Kier molecular flexibility index (Phi) is 1.91. The molecule has 0 fully saturated rings. The van der Waals surface area contributed by atoms with Crippen molar-refractivity contribution in [2.75, 3.05) is 0 Å². The van der Waals surface area contributed by atoms with E-state index in [0.717, 1.165) is 4.88 Å². The molecule has 5 heteroatoms. The minimum absolute atomic E-state index is 0.575. The van der Waals surface area contributed by atoms with Gasteiger partial charge in [0.25, 0.3) is 9.79 Å². The standard InChI is InChI=1S/C6H3IN2OS/c7-6-9-8-5(10-6)4-2-1-3-11-4/h1-3H. The van der Waals surface area contributed by atoms with E-state index in [1.54, 1.807) is 11.3 Å². The molecule has 0 amide bonds. The van der Waals surface area contributed by atoms with Gasteiger partial charge in [0.2, 0.25) is 0 Å². The zero-order valence-corrected chi connectivity index (χ0v) is 8.29. The van der Waals surface area contributed by atoms with Crippen LogP contribution in [0.15, 0.2) is 21.9 Å². The highest BCUT2D eigenvalue weighted by molar-refractivity contribution is 14.1. The molecule has 2 rings (SSSR count). The molecule has 0 aliphatic heterocycles. The third kappa shape index (κ3) is 1.43. The lowest BCUT2D eigenvalue weighted by Gasteiger charge is -1.82. The summed E-state index contributed by atoms with van der Waals surface area (Å²) in [6, 6.07) is 3.91. The van der Waals surface area contributed by atoms with Crippen LogP contribution in [0, 0.1) is 3.90 Å². The van der Waals surface area contributed by atoms with Crippen LogP contribution < -0.4 is 0 Å². The van der Waals surface area contributed by atoms with E-state index in [2.05, 4.69) is 10.2 Å². The summed E-state index contributed by atoms with van der Waals surface area (Å²) < 4.78 is 5.78. The van der Waals surface area contributed by atoms with Crippen molar-refractivity contribution in [3.63, 3.8) is 0 Å². The number of rotatable bonds is 1. The maximum absolute atomic E-state index is 5.20. The van der Waals surface area contributed by atoms with Gasteiger partial charge in [-0.05, 0) is 11.4 Å². The largest absolute Gasteiger partial charge is 0.411 e. The van der Waals surface area contributed by atoms with E-state index < -0.39 is 0 Å². The van der Waals surface area contributed by atoms with Crippen molar-refractivity contribution in [3.05, 3.63) is 21.4 Å². The minimum atomic E-state index is 0.575. The monoisotopic (exact) mass is 278 g/mol. The van der Waals surface area contributed by atoms with Crippen LogP contribution in [0.5, 0.6) is 0 Å². The van der Waals surface area contributed by atoms with Gasteiger partial charge in [-0.25, -0.2) is 0 Å². The van der Waals surface area contributed by atoms with Crippen molar-refractivity contribution in [2.45, 2.75) is 0 Å². The molecule has 3 nitrogen and oxygen atoms in total. The second-order valence-electron chi connectivity index (χ2n) is 1.84. The lowest BCUT2D eigenvalue weighted by atomic mass is 10.5. The molecule has 11 heavy (non-hydrogen) atoms. The van der Waals surface area contributed by atoms with Crippen LogP contribution in [0.1, 0.15) is 0 Å². The number of nitrogens with zero attached hydrogens (tertiary/aromatic N) is 2. The molecular formula is C6H3IN2OS. The van der Waals surface area contributed by atoms with Gasteiger partial charge in [-0.15, -0.1) is 21.5 Å². The van der Waals surface area contributed by atoms with Crippen molar-refractivity contribution in [3.8, 4) is 10.8 Å². The summed E-state index contributed by atoms with van der Waals surface area (Å²) in [6.07, 6.45) is 0. The Morgan fingerprint density at radius 3 is 2.91 bits per heavy atom. The highest BCUT2D eigenvalue weighted by Gasteiger charge is 2.05. The summed E-state index contributed by atoms with van der Waals surface area (Å²) in [7, 11) is 0. The Balaban J connectivity index is 2.45. The second kappa shape index (κ2) is 2.90. The van der Waals surface area contributed by atoms with Crippen LogP contribution in [-0.2, 0) is 0 Å². The third-order valence-corrected chi connectivity index (χ3v) is 2.43. The average Bonchev–Trinajstić information content (AvgIpc) is 2.55. The smallest absolute Gasteiger partial charge is 0.278 e. The van der Waals surface area contributed by atoms with E-state index in [1.165, 1.54) is 0 Å². The van der Waals surface area contributed by atoms with Gasteiger partial charge >= 0.3 is 0 Å². The molecule has 56 valence electrons. The number of hydrogen-bond acceptors (Lipinski definition) is 4. The second-order valence-corrected chi connectivity index (χ2v) is 3.71. The van der Waals surface area contributed by atoms with Crippen LogP contribution in [0.2, 0.25) is 0 Å². The molecule has 0 radical (unpaired) electrons. The van der Waals surface area contributed by atoms with E-state index in [4.69, 9.17) is 4.42 Å². The van der Waals surface area contributed by atoms with Gasteiger partial charge in [-0.3, -0.25) is 0 Å². The lowest BCUT2D eigenvalue weighted by molar-refractivity contribution is 0.538. The first-order chi connectivity index (χ1) is 5.36. The van der Waals surface area contributed by atoms with Gasteiger partial charge in [-0.2, -0.15) is 0 Å². The lowest BCUT2D eigenvalue weighted by Crippen LogP contribution is -1.69. The summed E-state index contributed by atoms with van der Waals surface area (Å²) in [4.78, 5) is 1.01. The Bertz CT molecular complexity index is 343. The molecule has 0 aromatic carbocycles. The molecular weight excluding hydrogens is 275 g/mol. The van der Waals surface area contributed by atoms with Crippen molar-refractivity contribution >= 4 is 33.9 Å². The number of hydrogen-bond donors (Lipinski definition) is 0. The molecule has 2 aromatic rings. The van der Waals surface area contributed by atoms with Crippen LogP contribution in [0.3, 0.4) is 0 Å². The van der Waals surface area contributed by atoms with Gasteiger partial charge in [0.15, 0.2) is 0 Å². The van der Waals surface area contributed by atoms with E-state index >= 15 is 0 Å². The van der Waals surface area contributed by atoms with Gasteiger partial charge in [0.1, 0.15) is 0 Å². The van der Waals surface area contributed by atoms with Crippen LogP contribution >= 0.6 is 33.9 Å². The first-order valence-corrected chi connectivity index (χ1v) is 4.85. The Morgan fingerprint density at radius 1 is 1.45 bits per heavy atom. The Morgan fingerprint density at radius 2 is 2.36 bits per heavy atom. The van der Waals surface area contributed by atoms with Crippen LogP contribution in [-0.4, -0.2) is 10.2 Å². The average molecular weight is 278 g/mol. The van der Waals surface area contributed by atoms with Crippen molar-refractivity contribution < 1.29 is 4.42 Å². The summed E-state index contributed by atoms with van der Waals surface area (Å²) in [5, 5.41) is 9.57. The molecule has 2 aromatic heterocycles. The molecule has 2 heterocycles. The Hall–Kier alpha value is -0.430. The van der Waals surface area contributed by atoms with Gasteiger partial charge in [0, 0.05) is 22.6 Å². The Labute approximate surface area is 80.6 Å². The van der Waals surface area contributed by atoms with Gasteiger partial charge in [0.05, 0.1) is 4.88 Å². The highest BCUT2D eigenvalue weighted by atomic mass is 127. The van der Waals surface area contributed by atoms with Crippen molar-refractivity contribution in [2.24, 2.45) is 0 Å². The van der Waals surface area contributed by atoms with Crippen LogP contribution in [0.4, 0.5) is 0 Å². The van der Waals surface area contributed by atoms with Crippen molar-refractivity contribution in [1.29, 1.82) is 0 Å². The predicted molar refractivity (Wildman–Crippen MR) is 50.3 cm³/mol. The fourth-order valence-electron chi connectivity index (χ4n) is 0.705. The summed E-state index contributed by atoms with van der Waals surface area (Å²) in [5.41, 5.74) is 0. The third-order valence-electron chi connectivity index (χ3n) is 1.13. The van der Waals surface area contributed by atoms with Crippen molar-refractivity contribution in [1.82, 2.24) is 10.2 Å². The molecule has 0 saturated carbocycles. The summed E-state index contributed by atoms with van der Waals surface area (Å²) >= 11 is 3.58. The van der Waals surface area contributed by atoms with E-state index in [0.29, 0.717) is 9.79 Å². The first kappa shape index (κ1) is 7.23. The molecule has 0 atom stereocenters. The number of halogens is 1. The number of thiophene rings is 1. The zero-order valence-electron chi connectivity index (χ0n) is 5.32. The van der Waals surface area contributed by atoms with E-state index in [9.17, 15) is 0 Å². The normalized spacial score (nSPS) is 10.3. The topological polar surface area (TPSA) is 38.9 Å². The number of aromatic nitrogens is 2. The minimum Gasteiger partial charge on any atom is -0.411 e. The summed E-state index contributed by atoms with van der Waals surface area (Å²) in [5.74, 6) is 0.601. The maximum Gasteiger partial charge on any atom is 0.278 e. The van der Waals surface area contributed by atoms with Gasteiger partial charge < -0.3 is 4.42 Å². The molecule has 0 bridgehead atoms. The molecule has 0 spiro atoms. The quantitative estimate of drug-likeness (QED) is 0.752. The first-order valence-electron chi connectivity index (χ1n) is 2.89. The predicted octanol–water partition coefficient (Wildman–Crippen LogP) is 2.40. The fraction of sp³-hybridized carbons (Fsp3) is 0. The molecule has 0 aliphatic rings. The fourth-order valence-corrected chi connectivity index (χ4v) is 1.67. The van der Waals surface area contributed by atoms with Gasteiger partial charge in [-0.1, -0.05) is 6.07 Å². The highest BCUT2D eigenvalue weighted by Crippen LogP contribution is 2.22. The summed E-state index contributed by atoms with van der Waals surface area (Å²) in [6.45, 7) is 0. The molecule has 0 aliphatic carbocycles. The molecule has 0 N–H and O–H groups in total.